The first-order valence-electron chi connectivity index (χ1n) is 5.04. The minimum absolute atomic E-state index is 0.368. The van der Waals surface area contributed by atoms with Crippen molar-refractivity contribution in [3.8, 4) is 6.07 Å². The van der Waals surface area contributed by atoms with Crippen LogP contribution >= 0.6 is 22.7 Å². The van der Waals surface area contributed by atoms with Crippen molar-refractivity contribution in [2.45, 2.75) is 19.5 Å². The van der Waals surface area contributed by atoms with Gasteiger partial charge in [0, 0.05) is 27.7 Å². The normalized spacial score (nSPS) is 12.2. The predicted octanol–water partition coefficient (Wildman–Crippen LogP) is 3.53. The first-order valence-corrected chi connectivity index (χ1v) is 6.80. The van der Waals surface area contributed by atoms with Crippen LogP contribution in [0.4, 0.5) is 0 Å². The Morgan fingerprint density at radius 3 is 3.00 bits per heavy atom. The Labute approximate surface area is 103 Å². The topological polar surface area (TPSA) is 35.8 Å². The SMILES string of the molecule is C[C@@H](NCc1cc(C#N)cs1)c1cccs1. The lowest BCUT2D eigenvalue weighted by molar-refractivity contribution is 0.587. The maximum absolute atomic E-state index is 8.72. The summed E-state index contributed by atoms with van der Waals surface area (Å²) in [5.74, 6) is 0. The molecule has 0 aliphatic heterocycles. The van der Waals surface area contributed by atoms with E-state index in [4.69, 9.17) is 5.26 Å². The lowest BCUT2D eigenvalue weighted by atomic mass is 10.2. The third kappa shape index (κ3) is 2.70. The maximum Gasteiger partial charge on any atom is 0.100 e. The minimum Gasteiger partial charge on any atom is -0.305 e. The van der Waals surface area contributed by atoms with Crippen LogP contribution in [-0.4, -0.2) is 0 Å². The minimum atomic E-state index is 0.368. The molecule has 0 amide bonds. The van der Waals surface area contributed by atoms with Crippen molar-refractivity contribution in [3.63, 3.8) is 0 Å². The molecule has 4 heteroatoms. The van der Waals surface area contributed by atoms with E-state index in [1.807, 2.05) is 11.4 Å². The molecule has 0 aliphatic rings. The smallest absolute Gasteiger partial charge is 0.100 e. The second kappa shape index (κ2) is 5.26. The summed E-state index contributed by atoms with van der Waals surface area (Å²) in [5, 5.41) is 16.2. The van der Waals surface area contributed by atoms with E-state index in [1.165, 1.54) is 9.75 Å². The second-order valence-corrected chi connectivity index (χ2v) is 5.51. The van der Waals surface area contributed by atoms with Crippen LogP contribution in [0.15, 0.2) is 29.0 Å². The molecule has 2 aromatic rings. The lowest BCUT2D eigenvalue weighted by Gasteiger charge is -2.10. The summed E-state index contributed by atoms with van der Waals surface area (Å²) < 4.78 is 0. The quantitative estimate of drug-likeness (QED) is 0.898. The van der Waals surface area contributed by atoms with Crippen molar-refractivity contribution in [3.05, 3.63) is 44.3 Å². The molecule has 1 atom stereocenters. The van der Waals surface area contributed by atoms with Crippen molar-refractivity contribution in [1.29, 1.82) is 5.26 Å². The van der Waals surface area contributed by atoms with Crippen molar-refractivity contribution in [2.24, 2.45) is 0 Å². The first kappa shape index (κ1) is 11.3. The van der Waals surface area contributed by atoms with E-state index in [-0.39, 0.29) is 0 Å². The van der Waals surface area contributed by atoms with E-state index in [0.29, 0.717) is 6.04 Å². The molecule has 0 unspecified atom stereocenters. The fourth-order valence-electron chi connectivity index (χ4n) is 1.42. The number of nitriles is 1. The Balaban J connectivity index is 1.90. The van der Waals surface area contributed by atoms with E-state index < -0.39 is 0 Å². The van der Waals surface area contributed by atoms with Gasteiger partial charge in [-0.15, -0.1) is 22.7 Å². The molecule has 82 valence electrons. The Bertz CT molecular complexity index is 479. The van der Waals surface area contributed by atoms with Gasteiger partial charge in [0.1, 0.15) is 6.07 Å². The summed E-state index contributed by atoms with van der Waals surface area (Å²) in [6, 6.07) is 8.66. The molecule has 0 bridgehead atoms. The largest absolute Gasteiger partial charge is 0.305 e. The molecule has 0 saturated heterocycles. The van der Waals surface area contributed by atoms with Gasteiger partial charge in [-0.3, -0.25) is 0 Å². The molecular formula is C12H12N2S2. The zero-order valence-electron chi connectivity index (χ0n) is 8.93. The molecule has 2 nitrogen and oxygen atoms in total. The van der Waals surface area contributed by atoms with Gasteiger partial charge in [0.05, 0.1) is 5.56 Å². The number of thiophene rings is 2. The van der Waals surface area contributed by atoms with Gasteiger partial charge in [-0.05, 0) is 24.4 Å². The van der Waals surface area contributed by atoms with Crippen LogP contribution < -0.4 is 5.32 Å². The van der Waals surface area contributed by atoms with E-state index in [9.17, 15) is 0 Å². The van der Waals surface area contributed by atoms with Crippen LogP contribution in [-0.2, 0) is 6.54 Å². The molecule has 1 N–H and O–H groups in total. The Morgan fingerprint density at radius 1 is 1.50 bits per heavy atom. The van der Waals surface area contributed by atoms with E-state index in [0.717, 1.165) is 12.1 Å². The molecule has 0 radical (unpaired) electrons. The van der Waals surface area contributed by atoms with Gasteiger partial charge in [-0.2, -0.15) is 5.26 Å². The summed E-state index contributed by atoms with van der Waals surface area (Å²) in [7, 11) is 0. The van der Waals surface area contributed by atoms with Crippen molar-refractivity contribution >= 4 is 22.7 Å². The second-order valence-electron chi connectivity index (χ2n) is 3.53. The monoisotopic (exact) mass is 248 g/mol. The number of nitrogens with zero attached hydrogens (tertiary/aromatic N) is 1. The Hall–Kier alpha value is -1.15. The first-order chi connectivity index (χ1) is 7.79. The lowest BCUT2D eigenvalue weighted by Crippen LogP contribution is -2.16. The van der Waals surface area contributed by atoms with Gasteiger partial charge in [-0.1, -0.05) is 6.07 Å². The summed E-state index contributed by atoms with van der Waals surface area (Å²) in [6.45, 7) is 2.98. The van der Waals surface area contributed by atoms with E-state index in [1.54, 1.807) is 22.7 Å². The standard InChI is InChI=1S/C12H12N2S2/c1-9(12-3-2-4-15-12)14-7-11-5-10(6-13)8-16-11/h2-5,8-9,14H,7H2,1H3/t9-/m1/s1. The van der Waals surface area contributed by atoms with Gasteiger partial charge >= 0.3 is 0 Å². The van der Waals surface area contributed by atoms with Crippen molar-refractivity contribution in [2.75, 3.05) is 0 Å². The van der Waals surface area contributed by atoms with Crippen molar-refractivity contribution in [1.82, 2.24) is 5.32 Å². The van der Waals surface area contributed by atoms with Gasteiger partial charge in [0.25, 0.3) is 0 Å². The summed E-state index contributed by atoms with van der Waals surface area (Å²) in [4.78, 5) is 2.55. The summed E-state index contributed by atoms with van der Waals surface area (Å²) >= 11 is 3.40. The van der Waals surface area contributed by atoms with Gasteiger partial charge in [0.15, 0.2) is 0 Å². The van der Waals surface area contributed by atoms with Crippen LogP contribution in [0, 0.1) is 11.3 Å². The highest BCUT2D eigenvalue weighted by Gasteiger charge is 2.06. The molecule has 0 aliphatic carbocycles. The zero-order valence-corrected chi connectivity index (χ0v) is 10.6. The predicted molar refractivity (Wildman–Crippen MR) is 68.6 cm³/mol. The van der Waals surface area contributed by atoms with E-state index in [2.05, 4.69) is 35.8 Å². The molecule has 0 fully saturated rings. The van der Waals surface area contributed by atoms with Crippen LogP contribution in [0.3, 0.4) is 0 Å². The number of hydrogen-bond donors (Lipinski definition) is 1. The fourth-order valence-corrected chi connectivity index (χ4v) is 2.94. The molecule has 0 saturated carbocycles. The molecule has 0 aromatic carbocycles. The zero-order chi connectivity index (χ0) is 11.4. The molecule has 2 aromatic heterocycles. The number of hydrogen-bond acceptors (Lipinski definition) is 4. The highest BCUT2D eigenvalue weighted by Crippen LogP contribution is 2.20. The third-order valence-electron chi connectivity index (χ3n) is 2.34. The van der Waals surface area contributed by atoms with E-state index >= 15 is 0 Å². The molecule has 2 heterocycles. The number of rotatable bonds is 4. The molecule has 0 spiro atoms. The fraction of sp³-hybridized carbons (Fsp3) is 0.250. The highest BCUT2D eigenvalue weighted by molar-refractivity contribution is 7.10. The molecular weight excluding hydrogens is 236 g/mol. The third-order valence-corrected chi connectivity index (χ3v) is 4.33. The van der Waals surface area contributed by atoms with Crippen LogP contribution in [0.1, 0.15) is 28.3 Å². The van der Waals surface area contributed by atoms with Gasteiger partial charge < -0.3 is 5.32 Å². The van der Waals surface area contributed by atoms with Crippen LogP contribution in [0.2, 0.25) is 0 Å². The summed E-state index contributed by atoms with van der Waals surface area (Å²) in [5.41, 5.74) is 0.755. The van der Waals surface area contributed by atoms with Crippen LogP contribution in [0.5, 0.6) is 0 Å². The highest BCUT2D eigenvalue weighted by atomic mass is 32.1. The molecule has 16 heavy (non-hydrogen) atoms. The average Bonchev–Trinajstić information content (AvgIpc) is 2.96. The average molecular weight is 248 g/mol. The maximum atomic E-state index is 8.72. The number of nitrogens with one attached hydrogen (secondary N) is 1. The van der Waals surface area contributed by atoms with Gasteiger partial charge in [-0.25, -0.2) is 0 Å². The van der Waals surface area contributed by atoms with Gasteiger partial charge in [0.2, 0.25) is 0 Å². The Kier molecular flexibility index (Phi) is 3.73. The Morgan fingerprint density at radius 2 is 2.38 bits per heavy atom. The molecule has 2 rings (SSSR count). The van der Waals surface area contributed by atoms with Crippen LogP contribution in [0.25, 0.3) is 0 Å². The summed E-state index contributed by atoms with van der Waals surface area (Å²) in [6.07, 6.45) is 0. The van der Waals surface area contributed by atoms with Crippen molar-refractivity contribution < 1.29 is 0 Å².